The Labute approximate surface area is 144 Å². The molecule has 2 aromatic rings. The van der Waals surface area contributed by atoms with Crippen molar-refractivity contribution in [2.75, 3.05) is 0 Å². The first-order chi connectivity index (χ1) is 11.6. The molecule has 0 bridgehead atoms. The summed E-state index contributed by atoms with van der Waals surface area (Å²) < 4.78 is 5.25. The van der Waals surface area contributed by atoms with Gasteiger partial charge in [0.15, 0.2) is 5.78 Å². The molecule has 3 atom stereocenters. The Morgan fingerprint density at radius 3 is 2.68 bits per heavy atom. The molecule has 0 aliphatic heterocycles. The number of carbonyl (C=O) groups excluding carboxylic acids is 2. The zero-order valence-corrected chi connectivity index (χ0v) is 14.2. The van der Waals surface area contributed by atoms with Gasteiger partial charge in [0.2, 0.25) is 0 Å². The van der Waals surface area contributed by atoms with Crippen molar-refractivity contribution >= 4 is 22.5 Å². The zero-order valence-electron chi connectivity index (χ0n) is 14.2. The molecule has 0 saturated heterocycles. The molecular formula is C19H20O6. The summed E-state index contributed by atoms with van der Waals surface area (Å²) >= 11 is 0. The number of aliphatic hydroxyl groups is 1. The number of carbonyl (C=O) groups is 2. The summed E-state index contributed by atoms with van der Waals surface area (Å²) in [6.45, 7) is 4.43. The lowest BCUT2D eigenvalue weighted by atomic mass is 9.69. The lowest BCUT2D eigenvalue weighted by Crippen LogP contribution is -2.45. The topological polar surface area (TPSA) is 104 Å². The van der Waals surface area contributed by atoms with E-state index in [9.17, 15) is 24.9 Å². The van der Waals surface area contributed by atoms with Gasteiger partial charge in [0, 0.05) is 13.3 Å². The average molecular weight is 344 g/mol. The van der Waals surface area contributed by atoms with Crippen LogP contribution in [-0.2, 0) is 9.53 Å². The van der Waals surface area contributed by atoms with Gasteiger partial charge in [-0.2, -0.15) is 0 Å². The van der Waals surface area contributed by atoms with Crippen LogP contribution in [0.25, 0.3) is 10.8 Å². The Bertz CT molecular complexity index is 883. The van der Waals surface area contributed by atoms with E-state index in [4.69, 9.17) is 4.74 Å². The minimum absolute atomic E-state index is 0.0597. The van der Waals surface area contributed by atoms with Gasteiger partial charge in [0.25, 0.3) is 0 Å². The maximum Gasteiger partial charge on any atom is 0.302 e. The van der Waals surface area contributed by atoms with Gasteiger partial charge in [-0.05, 0) is 36.9 Å². The van der Waals surface area contributed by atoms with Crippen LogP contribution < -0.4 is 0 Å². The standard InChI is InChI=1S/C19H20O6/c1-9(25-10(2)20)17-12-7-11-5-4-6-13(21)15(11)18(23)16(12)14(22)8-19(17,3)24/h4-7,9,17,21,23-24H,8H2,1-3H3. The van der Waals surface area contributed by atoms with Gasteiger partial charge in [-0.25, -0.2) is 0 Å². The summed E-state index contributed by atoms with van der Waals surface area (Å²) in [5.41, 5.74) is -0.967. The van der Waals surface area contributed by atoms with Gasteiger partial charge < -0.3 is 20.1 Å². The molecule has 2 aromatic carbocycles. The summed E-state index contributed by atoms with van der Waals surface area (Å²) in [4.78, 5) is 23.9. The number of ether oxygens (including phenoxy) is 1. The fourth-order valence-electron chi connectivity index (χ4n) is 3.92. The normalized spacial score (nSPS) is 24.0. The molecule has 0 heterocycles. The van der Waals surface area contributed by atoms with Crippen molar-refractivity contribution in [1.82, 2.24) is 0 Å². The first-order valence-corrected chi connectivity index (χ1v) is 8.04. The van der Waals surface area contributed by atoms with E-state index >= 15 is 0 Å². The lowest BCUT2D eigenvalue weighted by Gasteiger charge is -2.40. The van der Waals surface area contributed by atoms with Crippen molar-refractivity contribution < 1.29 is 29.6 Å². The van der Waals surface area contributed by atoms with Gasteiger partial charge in [-0.15, -0.1) is 0 Å². The maximum absolute atomic E-state index is 12.6. The van der Waals surface area contributed by atoms with E-state index in [0.717, 1.165) is 0 Å². The minimum atomic E-state index is -1.43. The molecule has 6 nitrogen and oxygen atoms in total. The van der Waals surface area contributed by atoms with Crippen LogP contribution in [0, 0.1) is 0 Å². The molecule has 3 rings (SSSR count). The van der Waals surface area contributed by atoms with Crippen molar-refractivity contribution in [2.24, 2.45) is 0 Å². The quantitative estimate of drug-likeness (QED) is 0.724. The number of ketones is 1. The highest BCUT2D eigenvalue weighted by Crippen LogP contribution is 2.48. The van der Waals surface area contributed by atoms with Crippen molar-refractivity contribution in [2.45, 2.75) is 44.8 Å². The Morgan fingerprint density at radius 2 is 2.04 bits per heavy atom. The minimum Gasteiger partial charge on any atom is -0.507 e. The van der Waals surface area contributed by atoms with Crippen LogP contribution in [0.5, 0.6) is 11.5 Å². The molecule has 6 heteroatoms. The van der Waals surface area contributed by atoms with E-state index in [1.165, 1.54) is 19.9 Å². The first-order valence-electron chi connectivity index (χ1n) is 8.04. The number of phenolic OH excluding ortho intramolecular Hbond substituents is 2. The number of fused-ring (bicyclic) bond motifs is 2. The summed E-state index contributed by atoms with van der Waals surface area (Å²) in [7, 11) is 0. The van der Waals surface area contributed by atoms with E-state index < -0.39 is 29.4 Å². The molecular weight excluding hydrogens is 324 g/mol. The third-order valence-electron chi connectivity index (χ3n) is 4.77. The van der Waals surface area contributed by atoms with Crippen LogP contribution >= 0.6 is 0 Å². The molecule has 0 saturated carbocycles. The molecule has 0 amide bonds. The van der Waals surface area contributed by atoms with E-state index in [2.05, 4.69) is 0 Å². The Hall–Kier alpha value is -2.60. The number of Topliss-reactive ketones (excluding diaryl/α,β-unsaturated/α-hetero) is 1. The maximum atomic E-state index is 12.6. The third-order valence-corrected chi connectivity index (χ3v) is 4.77. The molecule has 0 spiro atoms. The van der Waals surface area contributed by atoms with E-state index in [0.29, 0.717) is 10.9 Å². The smallest absolute Gasteiger partial charge is 0.302 e. The Morgan fingerprint density at radius 1 is 1.36 bits per heavy atom. The molecule has 25 heavy (non-hydrogen) atoms. The van der Waals surface area contributed by atoms with Gasteiger partial charge in [-0.1, -0.05) is 12.1 Å². The molecule has 132 valence electrons. The fourth-order valence-corrected chi connectivity index (χ4v) is 3.92. The highest BCUT2D eigenvalue weighted by molar-refractivity contribution is 6.09. The van der Waals surface area contributed by atoms with Gasteiger partial charge >= 0.3 is 5.97 Å². The summed E-state index contributed by atoms with van der Waals surface area (Å²) in [5.74, 6) is -2.06. The lowest BCUT2D eigenvalue weighted by molar-refractivity contribution is -0.149. The van der Waals surface area contributed by atoms with E-state index in [-0.39, 0.29) is 28.9 Å². The van der Waals surface area contributed by atoms with Crippen LogP contribution in [0.3, 0.4) is 0 Å². The fraction of sp³-hybridized carbons (Fsp3) is 0.368. The number of phenols is 2. The van der Waals surface area contributed by atoms with Crippen molar-refractivity contribution in [3.63, 3.8) is 0 Å². The summed E-state index contributed by atoms with van der Waals surface area (Å²) in [6.07, 6.45) is -0.920. The molecule has 0 aromatic heterocycles. The third kappa shape index (κ3) is 2.72. The average Bonchev–Trinajstić information content (AvgIpc) is 2.44. The van der Waals surface area contributed by atoms with E-state index in [1.807, 2.05) is 0 Å². The highest BCUT2D eigenvalue weighted by Gasteiger charge is 2.47. The zero-order chi connectivity index (χ0) is 18.5. The second kappa shape index (κ2) is 5.74. The van der Waals surface area contributed by atoms with Crippen LogP contribution in [-0.4, -0.2) is 38.8 Å². The van der Waals surface area contributed by atoms with Crippen LogP contribution in [0.2, 0.25) is 0 Å². The number of benzene rings is 2. The number of hydrogen-bond acceptors (Lipinski definition) is 6. The number of rotatable bonds is 2. The van der Waals surface area contributed by atoms with Gasteiger partial charge in [0.1, 0.15) is 17.6 Å². The predicted molar refractivity (Wildman–Crippen MR) is 90.8 cm³/mol. The molecule has 3 N–H and O–H groups in total. The first kappa shape index (κ1) is 17.2. The molecule has 1 aliphatic rings. The van der Waals surface area contributed by atoms with Gasteiger partial charge in [-0.3, -0.25) is 9.59 Å². The van der Waals surface area contributed by atoms with Crippen molar-refractivity contribution in [3.05, 3.63) is 35.4 Å². The molecule has 1 aliphatic carbocycles. The number of aromatic hydroxyl groups is 2. The van der Waals surface area contributed by atoms with Crippen LogP contribution in [0.1, 0.15) is 49.0 Å². The molecule has 3 unspecified atom stereocenters. The molecule has 0 fully saturated rings. The predicted octanol–water partition coefficient (Wildman–Crippen LogP) is 2.62. The van der Waals surface area contributed by atoms with Crippen LogP contribution in [0.15, 0.2) is 24.3 Å². The largest absolute Gasteiger partial charge is 0.507 e. The van der Waals surface area contributed by atoms with Crippen molar-refractivity contribution in [3.8, 4) is 11.5 Å². The monoisotopic (exact) mass is 344 g/mol. The number of esters is 1. The van der Waals surface area contributed by atoms with Crippen molar-refractivity contribution in [1.29, 1.82) is 0 Å². The summed E-state index contributed by atoms with van der Waals surface area (Å²) in [6, 6.07) is 6.39. The second-order valence-electron chi connectivity index (χ2n) is 6.81. The van der Waals surface area contributed by atoms with E-state index in [1.54, 1.807) is 25.1 Å². The molecule has 0 radical (unpaired) electrons. The van der Waals surface area contributed by atoms with Gasteiger partial charge in [0.05, 0.1) is 22.5 Å². The summed E-state index contributed by atoms with van der Waals surface area (Å²) in [5, 5.41) is 32.2. The van der Waals surface area contributed by atoms with Crippen LogP contribution in [0.4, 0.5) is 0 Å². The highest BCUT2D eigenvalue weighted by atomic mass is 16.5. The Kier molecular flexibility index (Phi) is 3.95. The Balaban J connectivity index is 2.31. The SMILES string of the molecule is CC(=O)OC(C)C1c2cc3cccc(O)c3c(O)c2C(=O)CC1(C)O. The number of hydrogen-bond donors (Lipinski definition) is 3. The second-order valence-corrected chi connectivity index (χ2v) is 6.81.